The second-order valence-electron chi connectivity index (χ2n) is 6.59. The maximum Gasteiger partial charge on any atom is 0.261 e. The summed E-state index contributed by atoms with van der Waals surface area (Å²) in [4.78, 5) is 29.7. The number of piperidine rings is 1. The number of likely N-dealkylation sites (N-methyl/N-ethyl adjacent to an activating group) is 1. The first-order valence-corrected chi connectivity index (χ1v) is 8.44. The SMILES string of the molecule is CN1CCC[C@H](N2C(=O)c3cccc4c(N)c(Cl)cc(c34)C2=O)C1. The van der Waals surface area contributed by atoms with E-state index >= 15 is 0 Å². The van der Waals surface area contributed by atoms with Gasteiger partial charge in [-0.25, -0.2) is 0 Å². The number of nitrogen functional groups attached to an aromatic ring is 1. The van der Waals surface area contributed by atoms with Crippen LogP contribution in [0.5, 0.6) is 0 Å². The molecule has 2 heterocycles. The molecule has 0 radical (unpaired) electrons. The second-order valence-corrected chi connectivity index (χ2v) is 6.99. The Kier molecular flexibility index (Phi) is 3.51. The Morgan fingerprint density at radius 1 is 1.21 bits per heavy atom. The van der Waals surface area contributed by atoms with E-state index in [-0.39, 0.29) is 17.9 Å². The average Bonchev–Trinajstić information content (AvgIpc) is 2.56. The van der Waals surface area contributed by atoms with Gasteiger partial charge in [0.1, 0.15) is 0 Å². The van der Waals surface area contributed by atoms with E-state index in [0.717, 1.165) is 19.4 Å². The standard InChI is InChI=1S/C18H18ClN3O2/c1-21-7-3-4-10(9-21)22-17(23)12-6-2-5-11-15(12)13(18(22)24)8-14(19)16(11)20/h2,5-6,8,10H,3-4,7,9,20H2,1H3/t10-/m0/s1. The molecular formula is C18H18ClN3O2. The highest BCUT2D eigenvalue weighted by molar-refractivity contribution is 6.37. The number of hydrogen-bond donors (Lipinski definition) is 1. The lowest BCUT2D eigenvalue weighted by Gasteiger charge is -2.38. The van der Waals surface area contributed by atoms with Gasteiger partial charge in [-0.05, 0) is 38.6 Å². The van der Waals surface area contributed by atoms with Crippen LogP contribution >= 0.6 is 11.6 Å². The molecule has 0 bridgehead atoms. The highest BCUT2D eigenvalue weighted by Gasteiger charge is 2.39. The van der Waals surface area contributed by atoms with Crippen molar-refractivity contribution < 1.29 is 9.59 Å². The molecule has 6 heteroatoms. The van der Waals surface area contributed by atoms with Crippen molar-refractivity contribution in [3.05, 3.63) is 40.4 Å². The first-order chi connectivity index (χ1) is 11.5. The van der Waals surface area contributed by atoms with Crippen molar-refractivity contribution in [3.63, 3.8) is 0 Å². The van der Waals surface area contributed by atoms with Crippen molar-refractivity contribution in [2.45, 2.75) is 18.9 Å². The average molecular weight is 344 g/mol. The molecule has 2 aliphatic heterocycles. The van der Waals surface area contributed by atoms with Crippen molar-refractivity contribution in [1.29, 1.82) is 0 Å². The highest BCUT2D eigenvalue weighted by Crippen LogP contribution is 2.38. The summed E-state index contributed by atoms with van der Waals surface area (Å²) in [5.74, 6) is -0.508. The molecule has 124 valence electrons. The lowest BCUT2D eigenvalue weighted by atomic mass is 9.91. The second kappa shape index (κ2) is 5.46. The molecular weight excluding hydrogens is 326 g/mol. The molecule has 24 heavy (non-hydrogen) atoms. The highest BCUT2D eigenvalue weighted by atomic mass is 35.5. The lowest BCUT2D eigenvalue weighted by Crippen LogP contribution is -2.53. The van der Waals surface area contributed by atoms with E-state index in [0.29, 0.717) is 39.2 Å². The normalized spacial score (nSPS) is 21.6. The van der Waals surface area contributed by atoms with Gasteiger partial charge in [0.2, 0.25) is 0 Å². The van der Waals surface area contributed by atoms with E-state index < -0.39 is 0 Å². The zero-order valence-corrected chi connectivity index (χ0v) is 14.1. The molecule has 0 aliphatic carbocycles. The third kappa shape index (κ3) is 2.12. The number of nitrogens with zero attached hydrogens (tertiary/aromatic N) is 2. The van der Waals surface area contributed by atoms with Crippen LogP contribution < -0.4 is 5.73 Å². The van der Waals surface area contributed by atoms with Crippen LogP contribution in [0.4, 0.5) is 5.69 Å². The van der Waals surface area contributed by atoms with Gasteiger partial charge in [0.25, 0.3) is 11.8 Å². The largest absolute Gasteiger partial charge is 0.397 e. The van der Waals surface area contributed by atoms with Crippen molar-refractivity contribution in [1.82, 2.24) is 9.80 Å². The van der Waals surface area contributed by atoms with Crippen molar-refractivity contribution in [3.8, 4) is 0 Å². The maximum absolute atomic E-state index is 13.1. The Hall–Kier alpha value is -2.11. The molecule has 2 N–H and O–H groups in total. The van der Waals surface area contributed by atoms with Crippen LogP contribution in [-0.4, -0.2) is 47.8 Å². The Morgan fingerprint density at radius 3 is 2.71 bits per heavy atom. The van der Waals surface area contributed by atoms with Crippen molar-refractivity contribution in [2.24, 2.45) is 0 Å². The van der Waals surface area contributed by atoms with Crippen molar-refractivity contribution in [2.75, 3.05) is 25.9 Å². The minimum Gasteiger partial charge on any atom is -0.397 e. The first kappa shape index (κ1) is 15.4. The lowest BCUT2D eigenvalue weighted by molar-refractivity contribution is 0.0458. The molecule has 1 atom stereocenters. The number of rotatable bonds is 1. The molecule has 5 nitrogen and oxygen atoms in total. The monoisotopic (exact) mass is 343 g/mol. The van der Waals surface area contributed by atoms with Crippen LogP contribution in [-0.2, 0) is 0 Å². The van der Waals surface area contributed by atoms with Gasteiger partial charge in [0.15, 0.2) is 0 Å². The van der Waals surface area contributed by atoms with Gasteiger partial charge in [0.05, 0.1) is 22.3 Å². The Labute approximate surface area is 145 Å². The van der Waals surface area contributed by atoms with Gasteiger partial charge in [-0.1, -0.05) is 23.7 Å². The van der Waals surface area contributed by atoms with Crippen LogP contribution in [0.1, 0.15) is 33.6 Å². The minimum absolute atomic E-state index is 0.108. The third-order valence-electron chi connectivity index (χ3n) is 5.02. The summed E-state index contributed by atoms with van der Waals surface area (Å²) in [6.07, 6.45) is 1.80. The topological polar surface area (TPSA) is 66.6 Å². The Balaban J connectivity index is 1.90. The molecule has 2 aromatic carbocycles. The van der Waals surface area contributed by atoms with E-state index in [1.165, 1.54) is 4.90 Å². The van der Waals surface area contributed by atoms with Gasteiger partial charge in [-0.15, -0.1) is 0 Å². The number of nitrogens with two attached hydrogens (primary N) is 1. The fourth-order valence-corrected chi connectivity index (χ4v) is 4.06. The number of hydrogen-bond acceptors (Lipinski definition) is 4. The minimum atomic E-state index is -0.272. The number of carbonyl (C=O) groups excluding carboxylic acids is 2. The summed E-state index contributed by atoms with van der Waals surface area (Å²) in [5.41, 5.74) is 7.44. The quantitative estimate of drug-likeness (QED) is 0.638. The van der Waals surface area contributed by atoms with Crippen LogP contribution in [0.2, 0.25) is 5.02 Å². The molecule has 1 fully saturated rings. The molecule has 2 amide bonds. The zero-order valence-electron chi connectivity index (χ0n) is 13.4. The van der Waals surface area contributed by atoms with E-state index in [9.17, 15) is 9.59 Å². The number of carbonyl (C=O) groups is 2. The molecule has 0 aromatic heterocycles. The summed E-state index contributed by atoms with van der Waals surface area (Å²) >= 11 is 6.22. The molecule has 2 aromatic rings. The van der Waals surface area contributed by atoms with Crippen LogP contribution in [0, 0.1) is 0 Å². The summed E-state index contributed by atoms with van der Waals surface area (Å²) in [6, 6.07) is 6.83. The summed E-state index contributed by atoms with van der Waals surface area (Å²) in [5, 5.41) is 1.63. The Bertz CT molecular complexity index is 880. The smallest absolute Gasteiger partial charge is 0.261 e. The van der Waals surface area contributed by atoms with E-state index in [2.05, 4.69) is 4.90 Å². The van der Waals surface area contributed by atoms with Gasteiger partial charge in [-0.2, -0.15) is 0 Å². The predicted octanol–water partition coefficient (Wildman–Crippen LogP) is 2.77. The fourth-order valence-electron chi connectivity index (χ4n) is 3.85. The number of halogens is 1. The van der Waals surface area contributed by atoms with Crippen LogP contribution in [0.25, 0.3) is 10.8 Å². The van der Waals surface area contributed by atoms with E-state index in [1.807, 2.05) is 7.05 Å². The van der Waals surface area contributed by atoms with Gasteiger partial charge in [0, 0.05) is 22.9 Å². The van der Waals surface area contributed by atoms with Crippen LogP contribution in [0.15, 0.2) is 24.3 Å². The van der Waals surface area contributed by atoms with Gasteiger partial charge >= 0.3 is 0 Å². The fraction of sp³-hybridized carbons (Fsp3) is 0.333. The number of imide groups is 1. The summed E-state index contributed by atoms with van der Waals surface area (Å²) < 4.78 is 0. The van der Waals surface area contributed by atoms with Crippen molar-refractivity contribution >= 4 is 39.9 Å². The van der Waals surface area contributed by atoms with Gasteiger partial charge in [-0.3, -0.25) is 14.5 Å². The number of anilines is 1. The summed E-state index contributed by atoms with van der Waals surface area (Å²) in [7, 11) is 2.01. The Morgan fingerprint density at radius 2 is 1.96 bits per heavy atom. The molecule has 0 unspecified atom stereocenters. The van der Waals surface area contributed by atoms with Crippen LogP contribution in [0.3, 0.4) is 0 Å². The maximum atomic E-state index is 13.1. The molecule has 2 aliphatic rings. The third-order valence-corrected chi connectivity index (χ3v) is 5.33. The predicted molar refractivity (Wildman–Crippen MR) is 94.4 cm³/mol. The molecule has 4 rings (SSSR count). The molecule has 0 saturated carbocycles. The number of benzene rings is 2. The summed E-state index contributed by atoms with van der Waals surface area (Å²) in [6.45, 7) is 1.69. The molecule has 1 saturated heterocycles. The van der Waals surface area contributed by atoms with E-state index in [4.69, 9.17) is 17.3 Å². The van der Waals surface area contributed by atoms with E-state index in [1.54, 1.807) is 24.3 Å². The zero-order chi connectivity index (χ0) is 17.0. The number of likely N-dealkylation sites (tertiary alicyclic amines) is 1. The van der Waals surface area contributed by atoms with Gasteiger partial charge < -0.3 is 10.6 Å². The molecule has 0 spiro atoms. The first-order valence-electron chi connectivity index (χ1n) is 8.06. The number of amides is 2.